The van der Waals surface area contributed by atoms with E-state index in [0.29, 0.717) is 29.4 Å². The quantitative estimate of drug-likeness (QED) is 0.477. The van der Waals surface area contributed by atoms with Crippen molar-refractivity contribution in [2.75, 3.05) is 13.7 Å². The Morgan fingerprint density at radius 2 is 2.00 bits per heavy atom. The number of fused-ring (bicyclic) bond motifs is 2. The van der Waals surface area contributed by atoms with Crippen molar-refractivity contribution in [1.29, 1.82) is 0 Å². The van der Waals surface area contributed by atoms with E-state index in [0.717, 1.165) is 27.8 Å². The van der Waals surface area contributed by atoms with E-state index in [2.05, 4.69) is 6.58 Å². The number of ether oxygens (including phenoxy) is 3. The molecular formula is C23H21NO4. The third kappa shape index (κ3) is 3.16. The van der Waals surface area contributed by atoms with Crippen molar-refractivity contribution < 1.29 is 19.0 Å². The van der Waals surface area contributed by atoms with Crippen LogP contribution in [0.4, 0.5) is 0 Å². The zero-order valence-electron chi connectivity index (χ0n) is 16.1. The van der Waals surface area contributed by atoms with Gasteiger partial charge in [0.1, 0.15) is 23.9 Å². The predicted octanol–water partition coefficient (Wildman–Crippen LogP) is 4.76. The second kappa shape index (κ2) is 6.93. The summed E-state index contributed by atoms with van der Waals surface area (Å²) >= 11 is 0. The molecule has 0 fully saturated rings. The van der Waals surface area contributed by atoms with E-state index in [1.54, 1.807) is 31.4 Å². The molecule has 0 saturated carbocycles. The van der Waals surface area contributed by atoms with E-state index < -0.39 is 0 Å². The third-order valence-electron chi connectivity index (χ3n) is 4.64. The predicted molar refractivity (Wildman–Crippen MR) is 109 cm³/mol. The highest BCUT2D eigenvalue weighted by Gasteiger charge is 2.28. The number of nitrogens with zero attached hydrogens (tertiary/aromatic N) is 1. The lowest BCUT2D eigenvalue weighted by molar-refractivity contribution is 0.101. The van der Waals surface area contributed by atoms with E-state index in [1.165, 1.54) is 0 Å². The van der Waals surface area contributed by atoms with Crippen LogP contribution in [0.5, 0.6) is 17.2 Å². The molecule has 5 nitrogen and oxygen atoms in total. The lowest BCUT2D eigenvalue weighted by Gasteiger charge is -2.06. The summed E-state index contributed by atoms with van der Waals surface area (Å²) in [6.45, 7) is 6.14. The van der Waals surface area contributed by atoms with Crippen molar-refractivity contribution in [2.24, 2.45) is 7.05 Å². The molecule has 142 valence electrons. The van der Waals surface area contributed by atoms with Gasteiger partial charge in [-0.3, -0.25) is 4.79 Å². The number of carbonyl (C=O) groups excluding carboxylic acids is 1. The smallest absolute Gasteiger partial charge is 0.231 e. The van der Waals surface area contributed by atoms with E-state index in [9.17, 15) is 4.79 Å². The largest absolute Gasteiger partial charge is 0.497 e. The molecule has 0 bridgehead atoms. The lowest BCUT2D eigenvalue weighted by Crippen LogP contribution is -1.98. The second-order valence-electron chi connectivity index (χ2n) is 6.92. The van der Waals surface area contributed by atoms with E-state index in [-0.39, 0.29) is 5.78 Å². The first-order valence-corrected chi connectivity index (χ1v) is 8.95. The summed E-state index contributed by atoms with van der Waals surface area (Å²) in [5, 5.41) is 0.993. The van der Waals surface area contributed by atoms with Gasteiger partial charge in [-0.25, -0.2) is 0 Å². The molecule has 1 aromatic heterocycles. The van der Waals surface area contributed by atoms with Crippen molar-refractivity contribution in [1.82, 2.24) is 4.57 Å². The summed E-state index contributed by atoms with van der Waals surface area (Å²) in [6, 6.07) is 11.1. The molecule has 4 rings (SSSR count). The Balaban J connectivity index is 1.68. The van der Waals surface area contributed by atoms with Crippen molar-refractivity contribution >= 4 is 22.8 Å². The zero-order valence-corrected chi connectivity index (χ0v) is 16.1. The topological polar surface area (TPSA) is 49.7 Å². The number of rotatable bonds is 5. The van der Waals surface area contributed by atoms with Crippen LogP contribution in [0.1, 0.15) is 22.8 Å². The summed E-state index contributed by atoms with van der Waals surface area (Å²) in [5.74, 6) is 2.07. The molecule has 0 amide bonds. The van der Waals surface area contributed by atoms with Gasteiger partial charge in [0, 0.05) is 35.8 Å². The molecule has 28 heavy (non-hydrogen) atoms. The normalized spacial score (nSPS) is 14.2. The number of hydrogen-bond acceptors (Lipinski definition) is 4. The lowest BCUT2D eigenvalue weighted by atomic mass is 10.1. The molecule has 0 atom stereocenters. The minimum absolute atomic E-state index is 0.138. The van der Waals surface area contributed by atoms with E-state index in [1.807, 2.05) is 42.9 Å². The first-order valence-electron chi connectivity index (χ1n) is 8.95. The summed E-state index contributed by atoms with van der Waals surface area (Å²) < 4.78 is 18.8. The number of aromatic nitrogens is 1. The van der Waals surface area contributed by atoms with Crippen LogP contribution in [0.2, 0.25) is 0 Å². The average Bonchev–Trinajstić information content (AvgIpc) is 3.16. The van der Waals surface area contributed by atoms with Gasteiger partial charge < -0.3 is 18.8 Å². The van der Waals surface area contributed by atoms with Gasteiger partial charge in [0.05, 0.1) is 12.7 Å². The van der Waals surface area contributed by atoms with E-state index in [4.69, 9.17) is 14.2 Å². The highest BCUT2D eigenvalue weighted by molar-refractivity contribution is 6.15. The Morgan fingerprint density at radius 1 is 1.21 bits per heavy atom. The molecule has 1 aliphatic rings. The molecule has 1 aliphatic heterocycles. The van der Waals surface area contributed by atoms with Gasteiger partial charge >= 0.3 is 0 Å². The van der Waals surface area contributed by atoms with Crippen LogP contribution in [0.25, 0.3) is 17.0 Å². The first-order chi connectivity index (χ1) is 13.5. The van der Waals surface area contributed by atoms with Gasteiger partial charge in [0.2, 0.25) is 5.78 Å². The van der Waals surface area contributed by atoms with Crippen molar-refractivity contribution in [2.45, 2.75) is 6.92 Å². The standard InChI is InChI=1S/C23H21NO4/c1-14(2)13-27-17-5-7-18-21(11-17)28-22(23(18)25)9-15-12-24(3)20-8-6-16(26-4)10-19(15)20/h5-12H,1,13H2,2-4H3. The second-order valence-corrected chi connectivity index (χ2v) is 6.92. The molecule has 0 unspecified atom stereocenters. The molecule has 2 aromatic carbocycles. The molecule has 0 aliphatic carbocycles. The maximum absolute atomic E-state index is 12.8. The molecule has 5 heteroatoms. The van der Waals surface area contributed by atoms with Crippen LogP contribution in [0.3, 0.4) is 0 Å². The third-order valence-corrected chi connectivity index (χ3v) is 4.64. The summed E-state index contributed by atoms with van der Waals surface area (Å²) in [7, 11) is 3.60. The Morgan fingerprint density at radius 3 is 2.75 bits per heavy atom. The number of aryl methyl sites for hydroxylation is 1. The van der Waals surface area contributed by atoms with Crippen LogP contribution in [0.15, 0.2) is 60.5 Å². The average molecular weight is 375 g/mol. The molecule has 0 saturated heterocycles. The summed E-state index contributed by atoms with van der Waals surface area (Å²) in [4.78, 5) is 12.8. The van der Waals surface area contributed by atoms with Crippen molar-refractivity contribution in [3.8, 4) is 17.2 Å². The van der Waals surface area contributed by atoms with Gasteiger partial charge in [0.15, 0.2) is 5.76 Å². The van der Waals surface area contributed by atoms with Crippen molar-refractivity contribution in [3.05, 3.63) is 71.6 Å². The summed E-state index contributed by atoms with van der Waals surface area (Å²) in [5.41, 5.74) is 3.40. The Hall–Kier alpha value is -3.47. The fraction of sp³-hybridized carbons (Fsp3) is 0.174. The highest BCUT2D eigenvalue weighted by atomic mass is 16.5. The molecule has 0 spiro atoms. The SMILES string of the molecule is C=C(C)COc1ccc2c(c1)OC(=Cc1cn(C)c3ccc(OC)cc13)C2=O. The van der Waals surface area contributed by atoms with Crippen LogP contribution in [-0.4, -0.2) is 24.1 Å². The van der Waals surface area contributed by atoms with Gasteiger partial charge in [-0.15, -0.1) is 0 Å². The number of allylic oxidation sites excluding steroid dienone is 1. The van der Waals surface area contributed by atoms with Crippen LogP contribution in [-0.2, 0) is 7.05 Å². The number of Topliss-reactive ketones (excluding diaryl/α,β-unsaturated/α-hetero) is 1. The zero-order chi connectivity index (χ0) is 19.8. The molecule has 0 N–H and O–H groups in total. The van der Waals surface area contributed by atoms with Gasteiger partial charge in [-0.1, -0.05) is 6.58 Å². The summed E-state index contributed by atoms with van der Waals surface area (Å²) in [6.07, 6.45) is 3.75. The number of methoxy groups -OCH3 is 1. The highest BCUT2D eigenvalue weighted by Crippen LogP contribution is 2.36. The number of benzene rings is 2. The Labute approximate surface area is 163 Å². The fourth-order valence-corrected chi connectivity index (χ4v) is 3.25. The number of hydrogen-bond donors (Lipinski definition) is 0. The monoisotopic (exact) mass is 375 g/mol. The Kier molecular flexibility index (Phi) is 4.43. The number of ketones is 1. The van der Waals surface area contributed by atoms with Crippen molar-refractivity contribution in [3.63, 3.8) is 0 Å². The van der Waals surface area contributed by atoms with Gasteiger partial charge in [0.25, 0.3) is 0 Å². The first kappa shape index (κ1) is 17.9. The Bertz CT molecular complexity index is 1140. The maximum atomic E-state index is 12.8. The molecule has 3 aromatic rings. The molecule has 2 heterocycles. The molecular weight excluding hydrogens is 354 g/mol. The van der Waals surface area contributed by atoms with Crippen LogP contribution < -0.4 is 14.2 Å². The minimum atomic E-state index is -0.138. The maximum Gasteiger partial charge on any atom is 0.231 e. The van der Waals surface area contributed by atoms with Gasteiger partial charge in [-0.2, -0.15) is 0 Å². The van der Waals surface area contributed by atoms with Crippen LogP contribution >= 0.6 is 0 Å². The molecule has 0 radical (unpaired) electrons. The van der Waals surface area contributed by atoms with Gasteiger partial charge in [-0.05, 0) is 48.9 Å². The fourth-order valence-electron chi connectivity index (χ4n) is 3.25. The minimum Gasteiger partial charge on any atom is -0.497 e. The van der Waals surface area contributed by atoms with Crippen LogP contribution in [0, 0.1) is 0 Å². The van der Waals surface area contributed by atoms with E-state index >= 15 is 0 Å². The number of carbonyl (C=O) groups is 1.